The van der Waals surface area contributed by atoms with Crippen LogP contribution in [-0.2, 0) is 21.2 Å². The lowest BCUT2D eigenvalue weighted by Crippen LogP contribution is -2.42. The highest BCUT2D eigenvalue weighted by molar-refractivity contribution is 7.99. The van der Waals surface area contributed by atoms with Crippen molar-refractivity contribution in [3.05, 3.63) is 24.5 Å². The number of rotatable bonds is 10. The van der Waals surface area contributed by atoms with E-state index in [1.54, 1.807) is 17.3 Å². The van der Waals surface area contributed by atoms with Gasteiger partial charge in [-0.25, -0.2) is 8.42 Å². The molecule has 0 spiro atoms. The molecule has 3 heterocycles. The Kier molecular flexibility index (Phi) is 7.87. The number of hydrogen-bond acceptors (Lipinski definition) is 7. The summed E-state index contributed by atoms with van der Waals surface area (Å²) in [5, 5.41) is 9.35. The van der Waals surface area contributed by atoms with Crippen LogP contribution in [0.15, 0.2) is 29.7 Å². The largest absolute Gasteiger partial charge is 0.338 e. The lowest BCUT2D eigenvalue weighted by Gasteiger charge is -2.28. The normalized spacial score (nSPS) is 17.9. The van der Waals surface area contributed by atoms with Crippen molar-refractivity contribution in [2.24, 2.45) is 0 Å². The standard InChI is InChI=1S/C20H29N5O3S2/c1-3-5-12-24(17-8-13-30(27,28)15-17)18(26)14-29-20-23-22-19(25(20)11-4-2)16-6-9-21-10-7-16/h6-7,9-10,17H,3-5,8,11-15H2,1-2H3. The van der Waals surface area contributed by atoms with Gasteiger partial charge in [0.15, 0.2) is 20.8 Å². The minimum atomic E-state index is -3.04. The number of thioether (sulfide) groups is 1. The van der Waals surface area contributed by atoms with Crippen LogP contribution in [0.1, 0.15) is 39.5 Å². The molecule has 1 aliphatic heterocycles. The Bertz CT molecular complexity index is 947. The maximum absolute atomic E-state index is 13.0. The number of amides is 1. The van der Waals surface area contributed by atoms with Gasteiger partial charge in [0.2, 0.25) is 5.91 Å². The van der Waals surface area contributed by atoms with E-state index in [1.807, 2.05) is 16.7 Å². The summed E-state index contributed by atoms with van der Waals surface area (Å²) in [6, 6.07) is 3.57. The Balaban J connectivity index is 1.72. The van der Waals surface area contributed by atoms with Gasteiger partial charge in [0.25, 0.3) is 0 Å². The quantitative estimate of drug-likeness (QED) is 0.512. The summed E-state index contributed by atoms with van der Waals surface area (Å²) in [6.45, 7) is 5.50. The summed E-state index contributed by atoms with van der Waals surface area (Å²) in [5.74, 6) is 1.19. The zero-order chi connectivity index (χ0) is 21.6. The highest BCUT2D eigenvalue weighted by atomic mass is 32.2. The molecular weight excluding hydrogens is 422 g/mol. The average Bonchev–Trinajstić information content (AvgIpc) is 3.30. The third kappa shape index (κ3) is 5.60. The molecule has 0 radical (unpaired) electrons. The van der Waals surface area contributed by atoms with Gasteiger partial charge in [0.05, 0.1) is 17.3 Å². The van der Waals surface area contributed by atoms with Crippen LogP contribution in [0.5, 0.6) is 0 Å². The third-order valence-electron chi connectivity index (χ3n) is 5.15. The summed E-state index contributed by atoms with van der Waals surface area (Å²) in [7, 11) is -3.04. The second-order valence-corrected chi connectivity index (χ2v) is 10.7. The summed E-state index contributed by atoms with van der Waals surface area (Å²) in [5.41, 5.74) is 0.935. The van der Waals surface area contributed by atoms with Gasteiger partial charge in [-0.2, -0.15) is 0 Å². The van der Waals surface area contributed by atoms with Crippen molar-refractivity contribution in [3.8, 4) is 11.4 Å². The van der Waals surface area contributed by atoms with Gasteiger partial charge in [0.1, 0.15) is 0 Å². The number of carbonyl (C=O) groups excluding carboxylic acids is 1. The van der Waals surface area contributed by atoms with Crippen LogP contribution >= 0.6 is 11.8 Å². The van der Waals surface area contributed by atoms with Crippen LogP contribution in [0, 0.1) is 0 Å². The van der Waals surface area contributed by atoms with Crippen LogP contribution < -0.4 is 0 Å². The Morgan fingerprint density at radius 3 is 2.63 bits per heavy atom. The van der Waals surface area contributed by atoms with E-state index in [2.05, 4.69) is 29.0 Å². The van der Waals surface area contributed by atoms with Gasteiger partial charge >= 0.3 is 0 Å². The first kappa shape index (κ1) is 22.7. The Hall–Kier alpha value is -1.94. The number of carbonyl (C=O) groups is 1. The number of sulfone groups is 1. The first-order valence-electron chi connectivity index (χ1n) is 10.4. The molecular formula is C20H29N5O3S2. The fourth-order valence-electron chi connectivity index (χ4n) is 3.60. The lowest BCUT2D eigenvalue weighted by molar-refractivity contribution is -0.130. The van der Waals surface area contributed by atoms with Crippen LogP contribution in [0.3, 0.4) is 0 Å². The number of pyridine rings is 1. The first-order valence-corrected chi connectivity index (χ1v) is 13.2. The molecule has 0 aromatic carbocycles. The molecule has 0 N–H and O–H groups in total. The minimum Gasteiger partial charge on any atom is -0.338 e. The summed E-state index contributed by atoms with van der Waals surface area (Å²) in [6.07, 6.45) is 6.71. The smallest absolute Gasteiger partial charge is 0.233 e. The van der Waals surface area contributed by atoms with Crippen molar-refractivity contribution in [2.45, 2.75) is 57.3 Å². The van der Waals surface area contributed by atoms with E-state index >= 15 is 0 Å². The van der Waals surface area contributed by atoms with Gasteiger partial charge in [0, 0.05) is 37.1 Å². The van der Waals surface area contributed by atoms with Crippen LogP contribution in [-0.4, -0.2) is 68.8 Å². The zero-order valence-electron chi connectivity index (χ0n) is 17.5. The summed E-state index contributed by atoms with van der Waals surface area (Å²) < 4.78 is 25.8. The van der Waals surface area contributed by atoms with Crippen molar-refractivity contribution in [1.29, 1.82) is 0 Å². The molecule has 1 saturated heterocycles. The van der Waals surface area contributed by atoms with Crippen LogP contribution in [0.4, 0.5) is 0 Å². The van der Waals surface area contributed by atoms with E-state index in [0.29, 0.717) is 18.1 Å². The first-order chi connectivity index (χ1) is 14.4. The van der Waals surface area contributed by atoms with Crippen molar-refractivity contribution >= 4 is 27.5 Å². The SMILES string of the molecule is CCCCN(C(=O)CSc1nnc(-c2ccncc2)n1CCC)C1CCS(=O)(=O)C1. The van der Waals surface area contributed by atoms with Gasteiger partial charge < -0.3 is 9.47 Å². The molecule has 2 aromatic heterocycles. The molecule has 2 aromatic rings. The molecule has 1 fully saturated rings. The number of aromatic nitrogens is 4. The zero-order valence-corrected chi connectivity index (χ0v) is 19.2. The van der Waals surface area contributed by atoms with Crippen molar-refractivity contribution in [3.63, 3.8) is 0 Å². The lowest BCUT2D eigenvalue weighted by atomic mass is 10.2. The van der Waals surface area contributed by atoms with E-state index in [9.17, 15) is 13.2 Å². The van der Waals surface area contributed by atoms with Crippen LogP contribution in [0.2, 0.25) is 0 Å². The van der Waals surface area contributed by atoms with E-state index in [1.165, 1.54) is 11.8 Å². The molecule has 3 rings (SSSR count). The van der Waals surface area contributed by atoms with E-state index in [4.69, 9.17) is 0 Å². The monoisotopic (exact) mass is 451 g/mol. The molecule has 1 aliphatic rings. The maximum atomic E-state index is 13.0. The minimum absolute atomic E-state index is 0.0351. The number of nitrogens with zero attached hydrogens (tertiary/aromatic N) is 5. The van der Waals surface area contributed by atoms with Crippen molar-refractivity contribution in [2.75, 3.05) is 23.8 Å². The molecule has 1 atom stereocenters. The molecule has 0 aliphatic carbocycles. The van der Waals surface area contributed by atoms with Crippen LogP contribution in [0.25, 0.3) is 11.4 Å². The average molecular weight is 452 g/mol. The fraction of sp³-hybridized carbons (Fsp3) is 0.600. The second kappa shape index (κ2) is 10.4. The van der Waals surface area contributed by atoms with Gasteiger partial charge in [-0.05, 0) is 31.4 Å². The number of unbranched alkanes of at least 4 members (excludes halogenated alkanes) is 1. The Morgan fingerprint density at radius 2 is 2.00 bits per heavy atom. The molecule has 0 saturated carbocycles. The maximum Gasteiger partial charge on any atom is 0.233 e. The topological polar surface area (TPSA) is 98.1 Å². The molecule has 0 bridgehead atoms. The van der Waals surface area contributed by atoms with Gasteiger partial charge in [-0.3, -0.25) is 9.78 Å². The Labute approximate surface area is 182 Å². The molecule has 164 valence electrons. The predicted octanol–water partition coefficient (Wildman–Crippen LogP) is 2.66. The van der Waals surface area contributed by atoms with Crippen molar-refractivity contribution in [1.82, 2.24) is 24.6 Å². The van der Waals surface area contributed by atoms with Gasteiger partial charge in [-0.15, -0.1) is 10.2 Å². The molecule has 8 nitrogen and oxygen atoms in total. The molecule has 30 heavy (non-hydrogen) atoms. The summed E-state index contributed by atoms with van der Waals surface area (Å²) >= 11 is 1.36. The van der Waals surface area contributed by atoms with E-state index in [-0.39, 0.29) is 29.2 Å². The fourth-order valence-corrected chi connectivity index (χ4v) is 6.19. The predicted molar refractivity (Wildman–Crippen MR) is 118 cm³/mol. The highest BCUT2D eigenvalue weighted by Crippen LogP contribution is 2.25. The van der Waals surface area contributed by atoms with E-state index < -0.39 is 9.84 Å². The molecule has 10 heteroatoms. The third-order valence-corrected chi connectivity index (χ3v) is 7.85. The second-order valence-electron chi connectivity index (χ2n) is 7.48. The van der Waals surface area contributed by atoms with Gasteiger partial charge in [-0.1, -0.05) is 32.0 Å². The Morgan fingerprint density at radius 1 is 1.23 bits per heavy atom. The molecule has 1 unspecified atom stereocenters. The highest BCUT2D eigenvalue weighted by Gasteiger charge is 2.34. The van der Waals surface area contributed by atoms with Crippen molar-refractivity contribution < 1.29 is 13.2 Å². The molecule has 1 amide bonds. The summed E-state index contributed by atoms with van der Waals surface area (Å²) in [4.78, 5) is 18.8. The number of hydrogen-bond donors (Lipinski definition) is 0. The van der Waals surface area contributed by atoms with E-state index in [0.717, 1.165) is 37.2 Å².